The zero-order chi connectivity index (χ0) is 27.9. The van der Waals surface area contributed by atoms with Crippen molar-refractivity contribution < 1.29 is 0 Å². The number of aromatic nitrogens is 4. The fourth-order valence-corrected chi connectivity index (χ4v) is 6.95. The Balaban J connectivity index is 1.20. The van der Waals surface area contributed by atoms with Gasteiger partial charge in [-0.25, -0.2) is 9.97 Å². The number of nitrogens with zero attached hydrogens (tertiary/aromatic N) is 4. The van der Waals surface area contributed by atoms with E-state index >= 15 is 0 Å². The van der Waals surface area contributed by atoms with Crippen molar-refractivity contribution in [3.8, 4) is 55.6 Å². The minimum absolute atomic E-state index is 0.669. The average molecular weight is 575 g/mol. The van der Waals surface area contributed by atoms with E-state index in [9.17, 15) is 0 Å². The molecule has 3 aromatic heterocycles. The first-order valence-corrected chi connectivity index (χ1v) is 15.3. The van der Waals surface area contributed by atoms with Gasteiger partial charge in [-0.05, 0) is 58.7 Å². The number of hydrogen-bond donors (Lipinski definition) is 0. The molecule has 0 atom stereocenters. The van der Waals surface area contributed by atoms with E-state index in [1.54, 1.807) is 5.51 Å². The Hall–Kier alpha value is -5.04. The lowest BCUT2D eigenvalue weighted by Crippen LogP contribution is -1.96. The highest BCUT2D eigenvalue weighted by atomic mass is 32.1. The van der Waals surface area contributed by atoms with E-state index in [4.69, 9.17) is 9.97 Å². The van der Waals surface area contributed by atoms with Gasteiger partial charge in [-0.3, -0.25) is 0 Å². The standard InChI is InChI=1S/C36H22N4S2/c1-2-8-23(9-3-1)35-38-31(21-32(39-35)36-40-37-22-41-36)28-13-7-12-26(19-28)24-10-6-11-25(18-24)27-16-17-34-30(20-27)29-14-4-5-15-33(29)42-34/h1-22H. The third-order valence-electron chi connectivity index (χ3n) is 7.40. The second-order valence-corrected chi connectivity index (χ2v) is 12.0. The van der Waals surface area contributed by atoms with Crippen LogP contribution in [0.15, 0.2) is 133 Å². The average Bonchev–Trinajstić information content (AvgIpc) is 3.74. The largest absolute Gasteiger partial charge is 0.228 e. The number of fused-ring (bicyclic) bond motifs is 3. The Bertz CT molecular complexity index is 2200. The molecule has 8 rings (SSSR count). The lowest BCUT2D eigenvalue weighted by atomic mass is 9.96. The van der Waals surface area contributed by atoms with Gasteiger partial charge >= 0.3 is 0 Å². The summed E-state index contributed by atoms with van der Waals surface area (Å²) in [7, 11) is 0. The highest BCUT2D eigenvalue weighted by Gasteiger charge is 2.13. The zero-order valence-electron chi connectivity index (χ0n) is 22.3. The normalized spacial score (nSPS) is 11.3. The first kappa shape index (κ1) is 24.7. The fourth-order valence-electron chi connectivity index (χ4n) is 5.35. The summed E-state index contributed by atoms with van der Waals surface area (Å²) in [4.78, 5) is 9.81. The van der Waals surface area contributed by atoms with Crippen LogP contribution >= 0.6 is 22.7 Å². The van der Waals surface area contributed by atoms with Crippen LogP contribution in [0.25, 0.3) is 75.8 Å². The Morgan fingerprint density at radius 3 is 1.88 bits per heavy atom. The Kier molecular flexibility index (Phi) is 6.13. The van der Waals surface area contributed by atoms with E-state index in [-0.39, 0.29) is 0 Å². The monoisotopic (exact) mass is 574 g/mol. The second kappa shape index (κ2) is 10.4. The van der Waals surface area contributed by atoms with E-state index in [1.807, 2.05) is 47.7 Å². The van der Waals surface area contributed by atoms with Gasteiger partial charge in [-0.15, -0.1) is 21.5 Å². The van der Waals surface area contributed by atoms with Crippen LogP contribution in [0.4, 0.5) is 0 Å². The molecule has 0 amide bonds. The van der Waals surface area contributed by atoms with Crippen LogP contribution in [0.3, 0.4) is 0 Å². The van der Waals surface area contributed by atoms with Gasteiger partial charge in [0.15, 0.2) is 10.8 Å². The quantitative estimate of drug-likeness (QED) is 0.205. The summed E-state index contributed by atoms with van der Waals surface area (Å²) in [6.07, 6.45) is 0. The zero-order valence-corrected chi connectivity index (χ0v) is 23.9. The van der Waals surface area contributed by atoms with Crippen molar-refractivity contribution in [1.82, 2.24) is 20.2 Å². The van der Waals surface area contributed by atoms with Gasteiger partial charge in [-0.2, -0.15) is 0 Å². The molecule has 0 aliphatic carbocycles. The molecule has 198 valence electrons. The molecule has 0 aliphatic heterocycles. The molecule has 8 aromatic rings. The van der Waals surface area contributed by atoms with Crippen molar-refractivity contribution in [2.45, 2.75) is 0 Å². The van der Waals surface area contributed by atoms with Crippen LogP contribution < -0.4 is 0 Å². The first-order valence-electron chi connectivity index (χ1n) is 13.6. The van der Waals surface area contributed by atoms with E-state index < -0.39 is 0 Å². The lowest BCUT2D eigenvalue weighted by Gasteiger charge is -2.10. The van der Waals surface area contributed by atoms with Crippen LogP contribution in [-0.4, -0.2) is 20.2 Å². The molecule has 0 bridgehead atoms. The van der Waals surface area contributed by atoms with Gasteiger partial charge in [0.05, 0.1) is 5.69 Å². The number of rotatable bonds is 5. The first-order chi connectivity index (χ1) is 20.8. The van der Waals surface area contributed by atoms with Crippen LogP contribution in [0, 0.1) is 0 Å². The molecule has 0 saturated carbocycles. The second-order valence-electron chi connectivity index (χ2n) is 10.0. The van der Waals surface area contributed by atoms with Crippen LogP contribution in [0.1, 0.15) is 0 Å². The van der Waals surface area contributed by atoms with Gasteiger partial charge in [0.1, 0.15) is 11.2 Å². The molecule has 0 radical (unpaired) electrons. The fraction of sp³-hybridized carbons (Fsp3) is 0. The van der Waals surface area contributed by atoms with Gasteiger partial charge in [0.2, 0.25) is 0 Å². The highest BCUT2D eigenvalue weighted by molar-refractivity contribution is 7.25. The van der Waals surface area contributed by atoms with Crippen LogP contribution in [-0.2, 0) is 0 Å². The van der Waals surface area contributed by atoms with Crippen molar-refractivity contribution in [1.29, 1.82) is 0 Å². The molecule has 0 fully saturated rings. The molecule has 6 heteroatoms. The maximum absolute atomic E-state index is 4.98. The smallest absolute Gasteiger partial charge is 0.166 e. The third-order valence-corrected chi connectivity index (χ3v) is 9.27. The van der Waals surface area contributed by atoms with E-state index in [0.29, 0.717) is 5.82 Å². The highest BCUT2D eigenvalue weighted by Crippen LogP contribution is 2.37. The topological polar surface area (TPSA) is 51.6 Å². The van der Waals surface area contributed by atoms with Gasteiger partial charge in [0.25, 0.3) is 0 Å². The summed E-state index contributed by atoms with van der Waals surface area (Å²) in [6.45, 7) is 0. The molecule has 42 heavy (non-hydrogen) atoms. The van der Waals surface area contributed by atoms with Gasteiger partial charge in [0, 0.05) is 31.3 Å². The summed E-state index contributed by atoms with van der Waals surface area (Å²) in [6, 6.07) is 44.8. The molecule has 5 aromatic carbocycles. The maximum Gasteiger partial charge on any atom is 0.166 e. The molecule has 3 heterocycles. The Morgan fingerprint density at radius 1 is 0.452 bits per heavy atom. The molecule has 0 unspecified atom stereocenters. The molecular weight excluding hydrogens is 553 g/mol. The van der Waals surface area contributed by atoms with Gasteiger partial charge < -0.3 is 0 Å². The molecule has 0 aliphatic rings. The SMILES string of the molecule is c1ccc(-c2nc(-c3cccc(-c4cccc(-c5ccc6sc7ccccc7c6c5)c4)c3)cc(-c3nncs3)n2)cc1. The summed E-state index contributed by atoms with van der Waals surface area (Å²) in [5.41, 5.74) is 10.0. The summed E-state index contributed by atoms with van der Waals surface area (Å²) in [5, 5.41) is 11.7. The number of hydrogen-bond acceptors (Lipinski definition) is 6. The minimum atomic E-state index is 0.669. The van der Waals surface area contributed by atoms with Crippen molar-refractivity contribution in [3.63, 3.8) is 0 Å². The Morgan fingerprint density at radius 2 is 1.10 bits per heavy atom. The van der Waals surface area contributed by atoms with E-state index in [0.717, 1.165) is 38.6 Å². The summed E-state index contributed by atoms with van der Waals surface area (Å²) >= 11 is 3.32. The van der Waals surface area contributed by atoms with Crippen LogP contribution in [0.5, 0.6) is 0 Å². The number of benzene rings is 5. The number of thiophene rings is 1. The van der Waals surface area contributed by atoms with Crippen molar-refractivity contribution >= 4 is 42.8 Å². The third kappa shape index (κ3) is 4.57. The molecule has 0 saturated heterocycles. The minimum Gasteiger partial charge on any atom is -0.228 e. The Labute approximate surface area is 250 Å². The molecule has 0 spiro atoms. The summed E-state index contributed by atoms with van der Waals surface area (Å²) < 4.78 is 2.64. The van der Waals surface area contributed by atoms with Crippen molar-refractivity contribution in [2.24, 2.45) is 0 Å². The predicted octanol–water partition coefficient (Wildman–Crippen LogP) is 10.0. The van der Waals surface area contributed by atoms with E-state index in [2.05, 4.69) is 101 Å². The predicted molar refractivity (Wildman–Crippen MR) is 176 cm³/mol. The van der Waals surface area contributed by atoms with Crippen molar-refractivity contribution in [2.75, 3.05) is 0 Å². The maximum atomic E-state index is 4.98. The molecular formula is C36H22N4S2. The van der Waals surface area contributed by atoms with Crippen LogP contribution in [0.2, 0.25) is 0 Å². The van der Waals surface area contributed by atoms with Gasteiger partial charge in [-0.1, -0.05) is 102 Å². The van der Waals surface area contributed by atoms with Crippen molar-refractivity contribution in [3.05, 3.63) is 133 Å². The molecule has 4 nitrogen and oxygen atoms in total. The summed E-state index contributed by atoms with van der Waals surface area (Å²) in [5.74, 6) is 0.669. The lowest BCUT2D eigenvalue weighted by molar-refractivity contribution is 1.08. The molecule has 0 N–H and O–H groups in total. The van der Waals surface area contributed by atoms with E-state index in [1.165, 1.54) is 42.6 Å².